The fraction of sp³-hybridized carbons (Fsp3) is 0.500. The number of carbonyl (C=O) groups is 2. The molecule has 0 bridgehead atoms. The van der Waals surface area contributed by atoms with Gasteiger partial charge in [0.15, 0.2) is 0 Å². The summed E-state index contributed by atoms with van der Waals surface area (Å²) in [5, 5.41) is 21.4. The number of cyclic esters (lactones) is 1. The minimum absolute atomic E-state index is 0.0965. The maximum atomic E-state index is 12.1. The zero-order valence-electron chi connectivity index (χ0n) is 12.7. The number of aliphatic hydroxyl groups excluding tert-OH is 1. The van der Waals surface area contributed by atoms with E-state index in [0.29, 0.717) is 18.4 Å². The summed E-state index contributed by atoms with van der Waals surface area (Å²) in [5.74, 6) is -0.895. The molecule has 1 aliphatic rings. The van der Waals surface area contributed by atoms with Crippen molar-refractivity contribution in [1.29, 1.82) is 0 Å². The molecule has 0 spiro atoms. The molecule has 1 aromatic carbocycles. The number of ether oxygens (including phenoxy) is 1. The van der Waals surface area contributed by atoms with Crippen molar-refractivity contribution in [1.82, 2.24) is 5.32 Å². The van der Waals surface area contributed by atoms with Crippen molar-refractivity contribution in [3.8, 4) is 5.75 Å². The summed E-state index contributed by atoms with van der Waals surface area (Å²) in [6, 6.07) is 4.51. The van der Waals surface area contributed by atoms with Crippen LogP contribution in [0, 0.1) is 5.92 Å². The lowest BCUT2D eigenvalue weighted by molar-refractivity contribution is -0.125. The van der Waals surface area contributed by atoms with Crippen molar-refractivity contribution in [2.75, 3.05) is 6.61 Å². The van der Waals surface area contributed by atoms with Crippen LogP contribution in [-0.2, 0) is 16.0 Å². The number of fused-ring (bicyclic) bond motifs is 1. The Morgan fingerprint density at radius 2 is 2.18 bits per heavy atom. The first-order valence-corrected chi connectivity index (χ1v) is 7.34. The van der Waals surface area contributed by atoms with Crippen LogP contribution in [0.15, 0.2) is 18.2 Å². The molecule has 0 saturated heterocycles. The number of esters is 1. The predicted molar refractivity (Wildman–Crippen MR) is 79.5 cm³/mol. The number of hydrogen-bond donors (Lipinski definition) is 3. The Labute approximate surface area is 129 Å². The van der Waals surface area contributed by atoms with Crippen LogP contribution in [0.3, 0.4) is 0 Å². The van der Waals surface area contributed by atoms with Crippen LogP contribution in [0.2, 0.25) is 0 Å². The topological polar surface area (TPSA) is 95.9 Å². The molecule has 3 N–H and O–H groups in total. The smallest absolute Gasteiger partial charge is 0.342 e. The third kappa shape index (κ3) is 3.57. The fourth-order valence-electron chi connectivity index (χ4n) is 2.74. The van der Waals surface area contributed by atoms with Crippen molar-refractivity contribution in [2.24, 2.45) is 5.92 Å². The van der Waals surface area contributed by atoms with Crippen molar-refractivity contribution in [3.05, 3.63) is 29.3 Å². The van der Waals surface area contributed by atoms with Crippen LogP contribution >= 0.6 is 0 Å². The molecule has 6 nitrogen and oxygen atoms in total. The lowest BCUT2D eigenvalue weighted by atomic mass is 9.90. The molecule has 0 aliphatic carbocycles. The number of benzene rings is 1. The second-order valence-corrected chi connectivity index (χ2v) is 5.92. The van der Waals surface area contributed by atoms with Gasteiger partial charge in [0.1, 0.15) is 24.0 Å². The molecule has 2 rings (SSSR count). The van der Waals surface area contributed by atoms with Gasteiger partial charge >= 0.3 is 5.97 Å². The van der Waals surface area contributed by atoms with Gasteiger partial charge in [0.05, 0.1) is 6.04 Å². The Bertz CT molecular complexity index is 570. The summed E-state index contributed by atoms with van der Waals surface area (Å²) in [5.41, 5.74) is 0.892. The summed E-state index contributed by atoms with van der Waals surface area (Å²) >= 11 is 0. The van der Waals surface area contributed by atoms with E-state index in [0.717, 1.165) is 0 Å². The highest BCUT2D eigenvalue weighted by molar-refractivity contribution is 5.95. The van der Waals surface area contributed by atoms with E-state index < -0.39 is 24.6 Å². The van der Waals surface area contributed by atoms with Crippen LogP contribution in [0.5, 0.6) is 5.75 Å². The van der Waals surface area contributed by atoms with Gasteiger partial charge in [-0.1, -0.05) is 26.0 Å². The lowest BCUT2D eigenvalue weighted by Crippen LogP contribution is -2.49. The van der Waals surface area contributed by atoms with E-state index in [1.165, 1.54) is 6.07 Å². The van der Waals surface area contributed by atoms with Crippen LogP contribution in [0.4, 0.5) is 0 Å². The molecular formula is C16H21NO5. The second kappa shape index (κ2) is 6.79. The first-order valence-electron chi connectivity index (χ1n) is 7.34. The number of aliphatic hydroxyl groups is 1. The van der Waals surface area contributed by atoms with E-state index in [9.17, 15) is 14.7 Å². The standard InChI is InChI=1S/C16H21NO5/c1-9(2)6-11(17-14(20)8-18)13-7-10-4-3-5-12(19)15(10)16(21)22-13/h3-5,9,11,13,18-19H,6-8H2,1-2H3,(H,17,20)/t11-,13-/m0/s1. The Morgan fingerprint density at radius 3 is 2.82 bits per heavy atom. The molecule has 1 heterocycles. The molecule has 120 valence electrons. The average Bonchev–Trinajstić information content (AvgIpc) is 2.45. The molecule has 1 amide bonds. The highest BCUT2D eigenvalue weighted by Gasteiger charge is 2.34. The molecule has 2 atom stereocenters. The van der Waals surface area contributed by atoms with E-state index in [-0.39, 0.29) is 23.3 Å². The molecule has 0 aromatic heterocycles. The summed E-state index contributed by atoms with van der Waals surface area (Å²) in [4.78, 5) is 23.6. The Balaban J connectivity index is 2.23. The zero-order valence-corrected chi connectivity index (χ0v) is 12.7. The first kappa shape index (κ1) is 16.3. The zero-order chi connectivity index (χ0) is 16.3. The van der Waals surface area contributed by atoms with Crippen LogP contribution in [0.1, 0.15) is 36.2 Å². The molecule has 0 unspecified atom stereocenters. The van der Waals surface area contributed by atoms with Gasteiger partial charge in [0, 0.05) is 6.42 Å². The summed E-state index contributed by atoms with van der Waals surface area (Å²) in [7, 11) is 0. The van der Waals surface area contributed by atoms with Crippen LogP contribution < -0.4 is 5.32 Å². The molecule has 6 heteroatoms. The quantitative estimate of drug-likeness (QED) is 0.705. The normalized spacial score (nSPS) is 18.5. The van der Waals surface area contributed by atoms with E-state index in [1.807, 2.05) is 13.8 Å². The van der Waals surface area contributed by atoms with Crippen LogP contribution in [0.25, 0.3) is 0 Å². The van der Waals surface area contributed by atoms with Gasteiger partial charge in [0.25, 0.3) is 0 Å². The Kier molecular flexibility index (Phi) is 5.03. The van der Waals surface area contributed by atoms with Gasteiger partial charge < -0.3 is 20.3 Å². The van der Waals surface area contributed by atoms with Gasteiger partial charge in [-0.05, 0) is 24.0 Å². The predicted octanol–water partition coefficient (Wildman–Crippen LogP) is 0.997. The number of hydrogen-bond acceptors (Lipinski definition) is 5. The van der Waals surface area contributed by atoms with Gasteiger partial charge in [0.2, 0.25) is 5.91 Å². The third-order valence-electron chi connectivity index (χ3n) is 3.68. The Hall–Kier alpha value is -2.08. The van der Waals surface area contributed by atoms with E-state index in [4.69, 9.17) is 9.84 Å². The number of phenolic OH excluding ortho intramolecular Hbond substituents is 1. The van der Waals surface area contributed by atoms with Crippen molar-refractivity contribution < 1.29 is 24.5 Å². The molecule has 22 heavy (non-hydrogen) atoms. The van der Waals surface area contributed by atoms with E-state index in [1.54, 1.807) is 12.1 Å². The van der Waals surface area contributed by atoms with Crippen LogP contribution in [-0.4, -0.2) is 40.8 Å². The number of carbonyl (C=O) groups excluding carboxylic acids is 2. The molecular weight excluding hydrogens is 286 g/mol. The molecule has 0 radical (unpaired) electrons. The highest BCUT2D eigenvalue weighted by atomic mass is 16.5. The van der Waals surface area contributed by atoms with Gasteiger partial charge in [-0.15, -0.1) is 0 Å². The molecule has 0 saturated carbocycles. The number of nitrogens with one attached hydrogen (secondary N) is 1. The van der Waals surface area contributed by atoms with E-state index >= 15 is 0 Å². The van der Waals surface area contributed by atoms with E-state index in [2.05, 4.69) is 5.32 Å². The largest absolute Gasteiger partial charge is 0.507 e. The second-order valence-electron chi connectivity index (χ2n) is 5.92. The molecule has 0 fully saturated rings. The number of amides is 1. The highest BCUT2D eigenvalue weighted by Crippen LogP contribution is 2.30. The average molecular weight is 307 g/mol. The molecule has 1 aromatic rings. The molecule has 1 aliphatic heterocycles. The summed E-state index contributed by atoms with van der Waals surface area (Å²) in [6.07, 6.45) is 0.524. The summed E-state index contributed by atoms with van der Waals surface area (Å²) < 4.78 is 5.41. The first-order chi connectivity index (χ1) is 10.4. The minimum Gasteiger partial charge on any atom is -0.507 e. The monoisotopic (exact) mass is 307 g/mol. The van der Waals surface area contributed by atoms with Gasteiger partial charge in [-0.2, -0.15) is 0 Å². The lowest BCUT2D eigenvalue weighted by Gasteiger charge is -2.32. The number of rotatable bonds is 5. The van der Waals surface area contributed by atoms with Gasteiger partial charge in [-0.25, -0.2) is 4.79 Å². The third-order valence-corrected chi connectivity index (χ3v) is 3.68. The Morgan fingerprint density at radius 1 is 1.45 bits per heavy atom. The maximum Gasteiger partial charge on any atom is 0.342 e. The van der Waals surface area contributed by atoms with Gasteiger partial charge in [-0.3, -0.25) is 4.79 Å². The summed E-state index contributed by atoms with van der Waals surface area (Å²) in [6.45, 7) is 3.40. The van der Waals surface area contributed by atoms with Crippen molar-refractivity contribution in [3.63, 3.8) is 0 Å². The minimum atomic E-state index is -0.605. The number of aromatic hydroxyl groups is 1. The van der Waals surface area contributed by atoms with Crippen molar-refractivity contribution >= 4 is 11.9 Å². The SMILES string of the molecule is CC(C)C[C@H](NC(=O)CO)[C@@H]1Cc2cccc(O)c2C(=O)O1. The van der Waals surface area contributed by atoms with Crippen molar-refractivity contribution in [2.45, 2.75) is 38.8 Å². The maximum absolute atomic E-state index is 12.1. The fourth-order valence-corrected chi connectivity index (χ4v) is 2.74. The number of phenols is 1.